The Morgan fingerprint density at radius 1 is 1.09 bits per heavy atom. The van der Waals surface area contributed by atoms with Gasteiger partial charge in [-0.25, -0.2) is 0 Å². The highest BCUT2D eigenvalue weighted by molar-refractivity contribution is 6.31. The molecule has 34 heavy (non-hydrogen) atoms. The van der Waals surface area contributed by atoms with Gasteiger partial charge in [0.15, 0.2) is 0 Å². The summed E-state index contributed by atoms with van der Waals surface area (Å²) in [6, 6.07) is 12.5. The second-order valence-corrected chi connectivity index (χ2v) is 9.21. The van der Waals surface area contributed by atoms with Crippen LogP contribution in [0.4, 0.5) is 0 Å². The van der Waals surface area contributed by atoms with Crippen LogP contribution in [-0.2, 0) is 11.3 Å². The van der Waals surface area contributed by atoms with E-state index in [0.717, 1.165) is 42.7 Å². The normalized spacial score (nSPS) is 15.6. The molecule has 0 atom stereocenters. The van der Waals surface area contributed by atoms with Gasteiger partial charge in [-0.05, 0) is 68.0 Å². The average Bonchev–Trinajstić information content (AvgIpc) is 3.45. The van der Waals surface area contributed by atoms with Crippen LogP contribution in [0, 0.1) is 0 Å². The third-order valence-corrected chi connectivity index (χ3v) is 6.61. The number of carbonyl (C=O) groups is 3. The molecule has 1 aliphatic carbocycles. The van der Waals surface area contributed by atoms with Crippen LogP contribution in [0.15, 0.2) is 55.1 Å². The molecule has 1 heterocycles. The van der Waals surface area contributed by atoms with E-state index in [-0.39, 0.29) is 18.6 Å². The molecule has 0 saturated heterocycles. The van der Waals surface area contributed by atoms with Crippen LogP contribution in [-0.4, -0.2) is 46.9 Å². The minimum absolute atomic E-state index is 0.00972. The summed E-state index contributed by atoms with van der Waals surface area (Å²) >= 11 is 6.34. The quantitative estimate of drug-likeness (QED) is 0.257. The van der Waals surface area contributed by atoms with E-state index in [9.17, 15) is 14.4 Å². The molecule has 4 rings (SSSR count). The van der Waals surface area contributed by atoms with E-state index in [1.54, 1.807) is 36.4 Å². The molecule has 6 nitrogen and oxygen atoms in total. The van der Waals surface area contributed by atoms with Gasteiger partial charge in [-0.2, -0.15) is 0 Å². The van der Waals surface area contributed by atoms with Crippen molar-refractivity contribution < 1.29 is 19.2 Å². The Hall–Kier alpha value is -2.96. The van der Waals surface area contributed by atoms with Gasteiger partial charge in [0.1, 0.15) is 0 Å². The first-order valence-electron chi connectivity index (χ1n) is 11.8. The number of unbranched alkanes of at least 4 members (excludes halogenated alkanes) is 1. The predicted molar refractivity (Wildman–Crippen MR) is 131 cm³/mol. The zero-order valence-corrected chi connectivity index (χ0v) is 19.9. The molecule has 0 aromatic heterocycles. The Bertz CT molecular complexity index is 1060. The Kier molecular flexibility index (Phi) is 7.80. The average molecular weight is 481 g/mol. The van der Waals surface area contributed by atoms with Gasteiger partial charge < -0.3 is 4.90 Å². The number of imide groups is 1. The number of amides is 3. The smallest absolute Gasteiger partial charge is 0.285 e. The number of benzene rings is 2. The molecular weight excluding hydrogens is 452 g/mol. The van der Waals surface area contributed by atoms with Gasteiger partial charge in [0, 0.05) is 23.2 Å². The van der Waals surface area contributed by atoms with Gasteiger partial charge in [-0.15, -0.1) is 11.6 Å². The number of carbonyl (C=O) groups excluding carboxylic acids is 3. The molecule has 178 valence electrons. The number of rotatable bonds is 10. The maximum absolute atomic E-state index is 13.2. The first-order chi connectivity index (χ1) is 16.5. The minimum Gasteiger partial charge on any atom is -0.332 e. The maximum atomic E-state index is 13.2. The molecule has 0 spiro atoms. The molecule has 1 aliphatic heterocycles. The highest BCUT2D eigenvalue weighted by Gasteiger charge is 2.36. The van der Waals surface area contributed by atoms with Crippen molar-refractivity contribution in [1.29, 1.82) is 0 Å². The standard InChI is InChI=1S/C27H29ClN2O4/c1-2-14-29(22-10-3-4-11-22)25(31)20-16-19(17-21(28)18-20)9-7-8-15-34-30-26(32)23-12-5-6-13-24(23)27(30)33/h2,5-6,12-13,16-18,22H,1,3-4,7-11,14-15H2. The van der Waals surface area contributed by atoms with E-state index in [4.69, 9.17) is 16.4 Å². The highest BCUT2D eigenvalue weighted by Crippen LogP contribution is 2.27. The van der Waals surface area contributed by atoms with Crippen LogP contribution in [0.2, 0.25) is 5.02 Å². The van der Waals surface area contributed by atoms with Gasteiger partial charge in [0.25, 0.3) is 17.7 Å². The van der Waals surface area contributed by atoms with Crippen LogP contribution >= 0.6 is 11.6 Å². The fourth-order valence-corrected chi connectivity index (χ4v) is 4.97. The number of hydrogen-bond donors (Lipinski definition) is 0. The predicted octanol–water partition coefficient (Wildman–Crippen LogP) is 5.46. The molecule has 0 N–H and O–H groups in total. The van der Waals surface area contributed by atoms with Crippen molar-refractivity contribution in [3.63, 3.8) is 0 Å². The molecule has 2 aromatic rings. The molecular formula is C27H29ClN2O4. The van der Waals surface area contributed by atoms with Gasteiger partial charge in [-0.1, -0.05) is 42.7 Å². The van der Waals surface area contributed by atoms with Crippen molar-refractivity contribution >= 4 is 29.3 Å². The summed E-state index contributed by atoms with van der Waals surface area (Å²) in [5, 5.41) is 1.38. The van der Waals surface area contributed by atoms with Crippen LogP contribution < -0.4 is 0 Å². The molecule has 2 aromatic carbocycles. The summed E-state index contributed by atoms with van der Waals surface area (Å²) < 4.78 is 0. The van der Waals surface area contributed by atoms with Gasteiger partial charge >= 0.3 is 0 Å². The molecule has 1 fully saturated rings. The largest absolute Gasteiger partial charge is 0.332 e. The molecule has 0 unspecified atom stereocenters. The number of fused-ring (bicyclic) bond motifs is 1. The van der Waals surface area contributed by atoms with Crippen LogP contribution in [0.5, 0.6) is 0 Å². The van der Waals surface area contributed by atoms with E-state index in [1.807, 2.05) is 17.0 Å². The molecule has 0 radical (unpaired) electrons. The Morgan fingerprint density at radius 3 is 2.41 bits per heavy atom. The van der Waals surface area contributed by atoms with Crippen molar-refractivity contribution in [3.8, 4) is 0 Å². The Morgan fingerprint density at radius 2 is 1.76 bits per heavy atom. The Labute approximate surface area is 205 Å². The second kappa shape index (κ2) is 11.0. The zero-order valence-electron chi connectivity index (χ0n) is 19.2. The third kappa shape index (κ3) is 5.24. The number of hydrogen-bond acceptors (Lipinski definition) is 4. The van der Waals surface area contributed by atoms with E-state index in [2.05, 4.69) is 6.58 Å². The van der Waals surface area contributed by atoms with E-state index >= 15 is 0 Å². The summed E-state index contributed by atoms with van der Waals surface area (Å²) in [7, 11) is 0. The number of nitrogens with zero attached hydrogens (tertiary/aromatic N) is 2. The SMILES string of the molecule is C=CCN(C(=O)c1cc(Cl)cc(CCCCON2C(=O)c3ccccc3C2=O)c1)C1CCCC1. The topological polar surface area (TPSA) is 66.9 Å². The van der Waals surface area contributed by atoms with E-state index in [1.165, 1.54) is 0 Å². The Balaban J connectivity index is 1.31. The van der Waals surface area contributed by atoms with Gasteiger partial charge in [0.2, 0.25) is 0 Å². The molecule has 1 saturated carbocycles. The molecule has 3 amide bonds. The monoisotopic (exact) mass is 480 g/mol. The van der Waals surface area contributed by atoms with Crippen LogP contribution in [0.3, 0.4) is 0 Å². The van der Waals surface area contributed by atoms with Crippen molar-refractivity contribution in [1.82, 2.24) is 9.96 Å². The van der Waals surface area contributed by atoms with Crippen LogP contribution in [0.25, 0.3) is 0 Å². The lowest BCUT2D eigenvalue weighted by Gasteiger charge is -2.28. The summed E-state index contributed by atoms with van der Waals surface area (Å²) in [5.74, 6) is -0.862. The fraction of sp³-hybridized carbons (Fsp3) is 0.370. The lowest BCUT2D eigenvalue weighted by molar-refractivity contribution is -0.0922. The van der Waals surface area contributed by atoms with Gasteiger partial charge in [-0.3, -0.25) is 19.2 Å². The highest BCUT2D eigenvalue weighted by atomic mass is 35.5. The molecule has 2 aliphatic rings. The third-order valence-electron chi connectivity index (χ3n) is 6.39. The van der Waals surface area contributed by atoms with Crippen LogP contribution in [0.1, 0.15) is 75.2 Å². The first kappa shape index (κ1) is 24.2. The summed E-state index contributed by atoms with van der Waals surface area (Å²) in [4.78, 5) is 45.3. The number of aryl methyl sites for hydroxylation is 1. The molecule has 7 heteroatoms. The van der Waals surface area contributed by atoms with Gasteiger partial charge in [0.05, 0.1) is 17.7 Å². The summed E-state index contributed by atoms with van der Waals surface area (Å²) in [6.45, 7) is 4.58. The van der Waals surface area contributed by atoms with Crippen molar-refractivity contribution in [3.05, 3.63) is 82.4 Å². The first-order valence-corrected chi connectivity index (χ1v) is 12.2. The van der Waals surface area contributed by atoms with E-state index in [0.29, 0.717) is 41.1 Å². The van der Waals surface area contributed by atoms with Crippen molar-refractivity contribution in [2.75, 3.05) is 13.2 Å². The lowest BCUT2D eigenvalue weighted by Crippen LogP contribution is -2.39. The minimum atomic E-state index is -0.426. The second-order valence-electron chi connectivity index (χ2n) is 8.77. The lowest BCUT2D eigenvalue weighted by atomic mass is 10.0. The van der Waals surface area contributed by atoms with Crippen molar-refractivity contribution in [2.24, 2.45) is 0 Å². The summed E-state index contributed by atoms with van der Waals surface area (Å²) in [5.41, 5.74) is 2.30. The fourth-order valence-electron chi connectivity index (χ4n) is 4.71. The molecule has 0 bridgehead atoms. The number of hydroxylamine groups is 2. The van der Waals surface area contributed by atoms with Crippen molar-refractivity contribution in [2.45, 2.75) is 51.0 Å². The van der Waals surface area contributed by atoms with E-state index < -0.39 is 11.8 Å². The maximum Gasteiger partial charge on any atom is 0.285 e. The zero-order chi connectivity index (χ0) is 24.1. The number of halogens is 1. The summed E-state index contributed by atoms with van der Waals surface area (Å²) in [6.07, 6.45) is 8.24.